The lowest BCUT2D eigenvalue weighted by Crippen LogP contribution is -2.21. The van der Waals surface area contributed by atoms with Gasteiger partial charge in [0.1, 0.15) is 5.82 Å². The van der Waals surface area contributed by atoms with Gasteiger partial charge in [-0.05, 0) is 47.8 Å². The van der Waals surface area contributed by atoms with Crippen LogP contribution in [0.4, 0.5) is 10.2 Å². The molecule has 0 unspecified atom stereocenters. The van der Waals surface area contributed by atoms with Gasteiger partial charge in [-0.15, -0.1) is 0 Å². The normalized spacial score (nSPS) is 15.4. The Kier molecular flexibility index (Phi) is 5.15. The van der Waals surface area contributed by atoms with E-state index in [4.69, 9.17) is 0 Å². The number of nitrogens with zero attached hydrogens (tertiary/aromatic N) is 2. The molecule has 0 amide bonds. The Morgan fingerprint density at radius 2 is 1.93 bits per heavy atom. The number of rotatable bonds is 5. The molecule has 1 aliphatic rings. The highest BCUT2D eigenvalue weighted by atomic mass is 19.1. The number of aromatic amines is 1. The molecule has 29 heavy (non-hydrogen) atoms. The Balaban J connectivity index is 1.54. The van der Waals surface area contributed by atoms with Crippen LogP contribution in [0.15, 0.2) is 36.4 Å². The van der Waals surface area contributed by atoms with Crippen molar-refractivity contribution < 1.29 is 4.39 Å². The minimum atomic E-state index is -0.493. The zero-order valence-corrected chi connectivity index (χ0v) is 17.6. The first kappa shape index (κ1) is 19.6. The van der Waals surface area contributed by atoms with E-state index in [-0.39, 0.29) is 5.41 Å². The van der Waals surface area contributed by atoms with E-state index in [0.29, 0.717) is 18.3 Å². The van der Waals surface area contributed by atoms with Crippen LogP contribution < -0.4 is 5.32 Å². The molecule has 0 atom stereocenters. The van der Waals surface area contributed by atoms with Gasteiger partial charge >= 0.3 is 0 Å². The molecule has 0 saturated carbocycles. The van der Waals surface area contributed by atoms with Crippen LogP contribution in [0.1, 0.15) is 62.4 Å². The second kappa shape index (κ2) is 7.62. The summed E-state index contributed by atoms with van der Waals surface area (Å²) >= 11 is 0. The Hall–Kier alpha value is -2.69. The van der Waals surface area contributed by atoms with E-state index in [2.05, 4.69) is 72.5 Å². The van der Waals surface area contributed by atoms with Crippen molar-refractivity contribution in [1.82, 2.24) is 15.2 Å². The van der Waals surface area contributed by atoms with Crippen molar-refractivity contribution in [2.24, 2.45) is 5.41 Å². The van der Waals surface area contributed by atoms with E-state index in [1.54, 1.807) is 0 Å². The molecule has 0 spiro atoms. The maximum atomic E-state index is 14.3. The lowest BCUT2D eigenvalue weighted by Gasteiger charge is -2.29. The van der Waals surface area contributed by atoms with Gasteiger partial charge in [-0.1, -0.05) is 52.0 Å². The number of hydrogen-bond acceptors (Lipinski definition) is 3. The molecule has 1 aromatic carbocycles. The monoisotopic (exact) mass is 392 g/mol. The third-order valence-corrected chi connectivity index (χ3v) is 5.85. The van der Waals surface area contributed by atoms with E-state index in [1.807, 2.05) is 6.07 Å². The standard InChI is InChI=1S/C24H29FN4/c1-15(2)17-7-5-16(6-8-17)14-26-22-12-18(11-21(25)27-22)23-19-9-10-24(3,4)13-20(19)28-29-23/h5-8,11-12,15H,9-10,13-14H2,1-4H3,(H,26,27)(H,28,29). The van der Waals surface area contributed by atoms with Crippen molar-refractivity contribution in [3.05, 3.63) is 64.7 Å². The molecular formula is C24H29FN4. The van der Waals surface area contributed by atoms with Gasteiger partial charge in [0.2, 0.25) is 5.95 Å². The molecule has 0 bridgehead atoms. The SMILES string of the molecule is CC(C)c1ccc(CNc2cc(-c3n[nH]c4c3CCC(C)(C)C4)cc(F)n2)cc1. The van der Waals surface area contributed by atoms with Crippen LogP contribution in [0.2, 0.25) is 0 Å². The Morgan fingerprint density at radius 1 is 1.17 bits per heavy atom. The highest BCUT2D eigenvalue weighted by Gasteiger charge is 2.29. The van der Waals surface area contributed by atoms with Crippen molar-refractivity contribution in [3.8, 4) is 11.3 Å². The largest absolute Gasteiger partial charge is 0.366 e. The lowest BCUT2D eigenvalue weighted by atomic mass is 9.76. The van der Waals surface area contributed by atoms with E-state index < -0.39 is 5.95 Å². The van der Waals surface area contributed by atoms with Gasteiger partial charge < -0.3 is 5.32 Å². The molecule has 0 aliphatic heterocycles. The van der Waals surface area contributed by atoms with Gasteiger partial charge in [0.05, 0.1) is 5.69 Å². The first-order valence-corrected chi connectivity index (χ1v) is 10.4. The highest BCUT2D eigenvalue weighted by molar-refractivity contribution is 5.67. The second-order valence-electron chi connectivity index (χ2n) is 9.18. The van der Waals surface area contributed by atoms with Crippen molar-refractivity contribution in [2.45, 2.75) is 59.4 Å². The molecule has 2 aromatic heterocycles. The van der Waals surface area contributed by atoms with Crippen molar-refractivity contribution in [2.75, 3.05) is 5.32 Å². The van der Waals surface area contributed by atoms with Crippen LogP contribution >= 0.6 is 0 Å². The molecule has 3 aromatic rings. The second-order valence-corrected chi connectivity index (χ2v) is 9.18. The number of aromatic nitrogens is 3. The minimum absolute atomic E-state index is 0.276. The number of fused-ring (bicyclic) bond motifs is 1. The fraction of sp³-hybridized carbons (Fsp3) is 0.417. The summed E-state index contributed by atoms with van der Waals surface area (Å²) in [6, 6.07) is 11.9. The van der Waals surface area contributed by atoms with E-state index >= 15 is 0 Å². The smallest absolute Gasteiger partial charge is 0.215 e. The maximum absolute atomic E-state index is 14.3. The van der Waals surface area contributed by atoms with Crippen LogP contribution in [-0.4, -0.2) is 15.2 Å². The summed E-state index contributed by atoms with van der Waals surface area (Å²) in [5, 5.41) is 10.9. The van der Waals surface area contributed by atoms with Gasteiger partial charge in [0.25, 0.3) is 0 Å². The summed E-state index contributed by atoms with van der Waals surface area (Å²) in [5.41, 5.74) is 6.73. The maximum Gasteiger partial charge on any atom is 0.215 e. The molecular weight excluding hydrogens is 363 g/mol. The molecule has 0 radical (unpaired) electrons. The topological polar surface area (TPSA) is 53.6 Å². The van der Waals surface area contributed by atoms with Crippen molar-refractivity contribution in [1.29, 1.82) is 0 Å². The Morgan fingerprint density at radius 3 is 2.66 bits per heavy atom. The molecule has 2 N–H and O–H groups in total. The van der Waals surface area contributed by atoms with Crippen molar-refractivity contribution >= 4 is 5.82 Å². The number of nitrogens with one attached hydrogen (secondary N) is 2. The Bertz CT molecular complexity index is 1000. The molecule has 4 nitrogen and oxygen atoms in total. The number of pyridine rings is 1. The number of benzene rings is 1. The van der Waals surface area contributed by atoms with E-state index in [1.165, 1.54) is 22.9 Å². The highest BCUT2D eigenvalue weighted by Crippen LogP contribution is 2.38. The average Bonchev–Trinajstić information content (AvgIpc) is 3.08. The fourth-order valence-corrected chi connectivity index (χ4v) is 4.02. The first-order chi connectivity index (χ1) is 13.8. The number of anilines is 1. The Labute approximate surface area is 172 Å². The lowest BCUT2D eigenvalue weighted by molar-refractivity contribution is 0.312. The predicted octanol–water partition coefficient (Wildman–Crippen LogP) is 5.86. The fourth-order valence-electron chi connectivity index (χ4n) is 4.02. The van der Waals surface area contributed by atoms with Crippen LogP contribution in [0, 0.1) is 11.4 Å². The quantitative estimate of drug-likeness (QED) is 0.535. The summed E-state index contributed by atoms with van der Waals surface area (Å²) < 4.78 is 14.3. The number of hydrogen-bond donors (Lipinski definition) is 2. The summed E-state index contributed by atoms with van der Waals surface area (Å²) in [4.78, 5) is 4.02. The molecule has 5 heteroatoms. The molecule has 152 valence electrons. The van der Waals surface area contributed by atoms with Gasteiger partial charge in [0.15, 0.2) is 0 Å². The number of halogens is 1. The zero-order chi connectivity index (χ0) is 20.6. The summed E-state index contributed by atoms with van der Waals surface area (Å²) in [7, 11) is 0. The van der Waals surface area contributed by atoms with Crippen LogP contribution in [0.5, 0.6) is 0 Å². The van der Waals surface area contributed by atoms with Crippen LogP contribution in [0.3, 0.4) is 0 Å². The summed E-state index contributed by atoms with van der Waals surface area (Å²) in [6.45, 7) is 9.51. The van der Waals surface area contributed by atoms with Crippen molar-refractivity contribution in [3.63, 3.8) is 0 Å². The first-order valence-electron chi connectivity index (χ1n) is 10.4. The van der Waals surface area contributed by atoms with Gasteiger partial charge in [-0.2, -0.15) is 9.49 Å². The van der Waals surface area contributed by atoms with Gasteiger partial charge in [-0.3, -0.25) is 5.10 Å². The molecule has 0 saturated heterocycles. The predicted molar refractivity (Wildman–Crippen MR) is 115 cm³/mol. The average molecular weight is 393 g/mol. The molecule has 0 fully saturated rings. The summed E-state index contributed by atoms with van der Waals surface area (Å²) in [5.74, 6) is 0.545. The van der Waals surface area contributed by atoms with Crippen LogP contribution in [0.25, 0.3) is 11.3 Å². The third kappa shape index (κ3) is 4.34. The molecule has 1 aliphatic carbocycles. The zero-order valence-electron chi connectivity index (χ0n) is 17.6. The molecule has 4 rings (SSSR count). The third-order valence-electron chi connectivity index (χ3n) is 5.85. The van der Waals surface area contributed by atoms with E-state index in [9.17, 15) is 4.39 Å². The minimum Gasteiger partial charge on any atom is -0.366 e. The van der Waals surface area contributed by atoms with E-state index in [0.717, 1.165) is 36.1 Å². The molecule has 2 heterocycles. The number of H-pyrrole nitrogens is 1. The van der Waals surface area contributed by atoms with Gasteiger partial charge in [-0.25, -0.2) is 4.98 Å². The van der Waals surface area contributed by atoms with Crippen LogP contribution in [-0.2, 0) is 19.4 Å². The van der Waals surface area contributed by atoms with Gasteiger partial charge in [0, 0.05) is 29.4 Å². The summed E-state index contributed by atoms with van der Waals surface area (Å²) in [6.07, 6.45) is 3.04.